The van der Waals surface area contributed by atoms with Gasteiger partial charge < -0.3 is 14.5 Å². The maximum absolute atomic E-state index is 14.2. The number of carbonyl (C=O) groups excluding carboxylic acids is 2. The molecule has 6 rings (SSSR count). The minimum atomic E-state index is -0.591. The summed E-state index contributed by atoms with van der Waals surface area (Å²) in [6.07, 6.45) is 2.57. The van der Waals surface area contributed by atoms with E-state index in [1.807, 2.05) is 66.7 Å². The van der Waals surface area contributed by atoms with Crippen molar-refractivity contribution in [3.05, 3.63) is 125 Å². The van der Waals surface area contributed by atoms with E-state index in [1.54, 1.807) is 42.5 Å². The first-order chi connectivity index (χ1) is 18.1. The molecule has 37 heavy (non-hydrogen) atoms. The van der Waals surface area contributed by atoms with Crippen LogP contribution in [0.15, 0.2) is 113 Å². The van der Waals surface area contributed by atoms with Gasteiger partial charge >= 0.3 is 0 Å². The molecule has 0 unspecified atom stereocenters. The number of Topliss-reactive ketones (excluding diaryl/α,β-unsaturated/α-hetero) is 1. The first-order valence-corrected chi connectivity index (χ1v) is 12.3. The van der Waals surface area contributed by atoms with Gasteiger partial charge in [-0.2, -0.15) is 0 Å². The molecule has 0 spiro atoms. The zero-order valence-electron chi connectivity index (χ0n) is 20.4. The highest BCUT2D eigenvalue weighted by molar-refractivity contribution is 6.12. The molecule has 0 fully saturated rings. The molecule has 2 aliphatic rings. The van der Waals surface area contributed by atoms with E-state index in [0.717, 1.165) is 22.7 Å². The summed E-state index contributed by atoms with van der Waals surface area (Å²) in [4.78, 5) is 29.9. The maximum atomic E-state index is 14.2. The topological polar surface area (TPSA) is 71.8 Å². The number of ether oxygens (including phenoxy) is 1. The third-order valence-corrected chi connectivity index (χ3v) is 7.11. The van der Waals surface area contributed by atoms with E-state index in [9.17, 15) is 9.59 Å². The Morgan fingerprint density at radius 1 is 0.919 bits per heavy atom. The molecule has 0 radical (unpaired) electrons. The van der Waals surface area contributed by atoms with Gasteiger partial charge in [-0.25, -0.2) is 0 Å². The van der Waals surface area contributed by atoms with E-state index in [0.29, 0.717) is 35.4 Å². The summed E-state index contributed by atoms with van der Waals surface area (Å²) >= 11 is 0. The van der Waals surface area contributed by atoms with Crippen molar-refractivity contribution in [2.24, 2.45) is 0 Å². The van der Waals surface area contributed by atoms with Crippen LogP contribution in [-0.4, -0.2) is 18.8 Å². The Morgan fingerprint density at radius 3 is 2.41 bits per heavy atom. The number of hydrogen-bond acceptors (Lipinski definition) is 5. The predicted molar refractivity (Wildman–Crippen MR) is 142 cm³/mol. The van der Waals surface area contributed by atoms with Crippen molar-refractivity contribution in [1.29, 1.82) is 0 Å². The maximum Gasteiger partial charge on any atom is 0.259 e. The number of amides is 1. The smallest absolute Gasteiger partial charge is 0.259 e. The Bertz CT molecular complexity index is 1470. The SMILES string of the molecule is COc1ccc(C(=O)N2c3ccccc3NC3=C(C(=O)C[C@H](c4ccco4)C3)[C@@H]2c2ccccc2)cc1. The van der Waals surface area contributed by atoms with Gasteiger partial charge in [-0.15, -0.1) is 0 Å². The van der Waals surface area contributed by atoms with Crippen molar-refractivity contribution in [2.75, 3.05) is 17.3 Å². The van der Waals surface area contributed by atoms with Crippen LogP contribution < -0.4 is 15.0 Å². The lowest BCUT2D eigenvalue weighted by molar-refractivity contribution is -0.116. The lowest BCUT2D eigenvalue weighted by Gasteiger charge is -2.35. The van der Waals surface area contributed by atoms with Crippen molar-refractivity contribution in [1.82, 2.24) is 0 Å². The minimum Gasteiger partial charge on any atom is -0.497 e. The molecule has 6 nitrogen and oxygen atoms in total. The monoisotopic (exact) mass is 490 g/mol. The Kier molecular flexibility index (Phi) is 5.85. The molecule has 3 aromatic carbocycles. The fourth-order valence-electron chi connectivity index (χ4n) is 5.36. The summed E-state index contributed by atoms with van der Waals surface area (Å²) in [6.45, 7) is 0. The lowest BCUT2D eigenvalue weighted by Crippen LogP contribution is -2.38. The summed E-state index contributed by atoms with van der Waals surface area (Å²) in [5, 5.41) is 3.54. The van der Waals surface area contributed by atoms with Gasteiger partial charge in [0, 0.05) is 29.2 Å². The molecule has 0 saturated carbocycles. The van der Waals surface area contributed by atoms with E-state index < -0.39 is 6.04 Å². The molecular formula is C31H26N2O4. The van der Waals surface area contributed by atoms with Crippen molar-refractivity contribution in [2.45, 2.75) is 24.8 Å². The highest BCUT2D eigenvalue weighted by atomic mass is 16.5. The van der Waals surface area contributed by atoms with Gasteiger partial charge in [0.15, 0.2) is 5.78 Å². The molecule has 0 bridgehead atoms. The van der Waals surface area contributed by atoms with Crippen LogP contribution in [0.5, 0.6) is 5.75 Å². The van der Waals surface area contributed by atoms with Crippen molar-refractivity contribution >= 4 is 23.1 Å². The highest BCUT2D eigenvalue weighted by Gasteiger charge is 2.42. The van der Waals surface area contributed by atoms with Gasteiger partial charge in [0.2, 0.25) is 0 Å². The van der Waals surface area contributed by atoms with Gasteiger partial charge in [0.1, 0.15) is 11.5 Å². The van der Waals surface area contributed by atoms with Crippen LogP contribution >= 0.6 is 0 Å². The number of ketones is 1. The van der Waals surface area contributed by atoms with Gasteiger partial charge in [0.05, 0.1) is 30.8 Å². The van der Waals surface area contributed by atoms with Crippen LogP contribution in [0.2, 0.25) is 0 Å². The van der Waals surface area contributed by atoms with Gasteiger partial charge in [-0.3, -0.25) is 14.5 Å². The average Bonchev–Trinajstić information content (AvgIpc) is 3.43. The van der Waals surface area contributed by atoms with Crippen molar-refractivity contribution < 1.29 is 18.7 Å². The number of furan rings is 1. The van der Waals surface area contributed by atoms with E-state index in [4.69, 9.17) is 9.15 Å². The van der Waals surface area contributed by atoms with Crippen LogP contribution in [0, 0.1) is 0 Å². The summed E-state index contributed by atoms with van der Waals surface area (Å²) < 4.78 is 11.0. The molecule has 2 heterocycles. The molecule has 1 aliphatic carbocycles. The number of rotatable bonds is 4. The fraction of sp³-hybridized carbons (Fsp3) is 0.161. The highest BCUT2D eigenvalue weighted by Crippen LogP contribution is 2.47. The number of methoxy groups -OCH3 is 1. The number of allylic oxidation sites excluding steroid dienone is 1. The first-order valence-electron chi connectivity index (χ1n) is 12.3. The van der Waals surface area contributed by atoms with Crippen LogP contribution in [0.1, 0.15) is 46.5 Å². The number of hydrogen-bond donors (Lipinski definition) is 1. The second-order valence-corrected chi connectivity index (χ2v) is 9.30. The summed E-state index contributed by atoms with van der Waals surface area (Å²) in [7, 11) is 1.59. The fourth-order valence-corrected chi connectivity index (χ4v) is 5.36. The molecular weight excluding hydrogens is 464 g/mol. The summed E-state index contributed by atoms with van der Waals surface area (Å²) in [5.74, 6) is 1.21. The predicted octanol–water partition coefficient (Wildman–Crippen LogP) is 6.50. The standard InChI is InChI=1S/C31H26N2O4/c1-36-23-15-13-21(14-16-23)31(35)33-26-11-6-5-10-24(26)32-25-18-22(28-12-7-17-37-28)19-27(34)29(25)30(33)20-8-3-2-4-9-20/h2-17,22,30,32H,18-19H2,1H3/t22-,30+/m1/s1. The van der Waals surface area contributed by atoms with Crippen LogP contribution in [0.3, 0.4) is 0 Å². The number of nitrogens with one attached hydrogen (secondary N) is 1. The van der Waals surface area contributed by atoms with Crippen LogP contribution in [0.25, 0.3) is 0 Å². The van der Waals surface area contributed by atoms with Crippen LogP contribution in [-0.2, 0) is 4.79 Å². The Labute approximate surface area is 215 Å². The molecule has 1 N–H and O–H groups in total. The Balaban J connectivity index is 1.55. The molecule has 6 heteroatoms. The average molecular weight is 491 g/mol. The van der Waals surface area contributed by atoms with Gasteiger partial charge in [-0.05, 0) is 60.5 Å². The number of anilines is 2. The second-order valence-electron chi connectivity index (χ2n) is 9.30. The largest absolute Gasteiger partial charge is 0.497 e. The van der Waals surface area contributed by atoms with Crippen LogP contribution in [0.4, 0.5) is 11.4 Å². The molecule has 184 valence electrons. The number of nitrogens with zero attached hydrogens (tertiary/aromatic N) is 1. The molecule has 4 aromatic rings. The normalized spacial score (nSPS) is 18.9. The summed E-state index contributed by atoms with van der Waals surface area (Å²) in [5.41, 5.74) is 4.32. The molecule has 2 atom stereocenters. The van der Waals surface area contributed by atoms with E-state index in [2.05, 4.69) is 5.32 Å². The Morgan fingerprint density at radius 2 is 1.68 bits per heavy atom. The van der Waals surface area contributed by atoms with Gasteiger partial charge in [-0.1, -0.05) is 42.5 Å². The molecule has 0 saturated heterocycles. The first kappa shape index (κ1) is 22.9. The van der Waals surface area contributed by atoms with Crippen molar-refractivity contribution in [3.8, 4) is 5.75 Å². The van der Waals surface area contributed by atoms with E-state index >= 15 is 0 Å². The third kappa shape index (κ3) is 4.10. The quantitative estimate of drug-likeness (QED) is 0.353. The van der Waals surface area contributed by atoms with E-state index in [1.165, 1.54) is 0 Å². The van der Waals surface area contributed by atoms with Gasteiger partial charge in [0.25, 0.3) is 5.91 Å². The Hall–Kier alpha value is -4.58. The number of para-hydroxylation sites is 2. The minimum absolute atomic E-state index is 0.00402. The summed E-state index contributed by atoms with van der Waals surface area (Å²) in [6, 6.07) is 27.7. The van der Waals surface area contributed by atoms with E-state index in [-0.39, 0.29) is 17.6 Å². The number of benzene rings is 3. The number of fused-ring (bicyclic) bond motifs is 1. The third-order valence-electron chi connectivity index (χ3n) is 7.11. The zero-order valence-corrected chi connectivity index (χ0v) is 20.4. The van der Waals surface area contributed by atoms with Crippen molar-refractivity contribution in [3.63, 3.8) is 0 Å². The molecule has 1 aromatic heterocycles. The lowest BCUT2D eigenvalue weighted by atomic mass is 9.80. The second kappa shape index (κ2) is 9.47. The molecule has 1 amide bonds. The number of carbonyl (C=O) groups is 2. The zero-order chi connectivity index (χ0) is 25.4. The molecule has 1 aliphatic heterocycles.